The van der Waals surface area contributed by atoms with Crippen LogP contribution in [0.3, 0.4) is 0 Å². The second kappa shape index (κ2) is 9.61. The van der Waals surface area contributed by atoms with Gasteiger partial charge in [-0.25, -0.2) is 4.39 Å². The molecular formula is C19H24FIN4O. The third-order valence-corrected chi connectivity index (χ3v) is 4.36. The first-order valence-electron chi connectivity index (χ1n) is 8.36. The summed E-state index contributed by atoms with van der Waals surface area (Å²) in [5, 5.41) is 3.07. The van der Waals surface area contributed by atoms with Crippen LogP contribution in [0.4, 0.5) is 15.8 Å². The molecule has 0 spiro atoms. The summed E-state index contributed by atoms with van der Waals surface area (Å²) in [6.45, 7) is 2.26. The van der Waals surface area contributed by atoms with Gasteiger partial charge in [-0.05, 0) is 48.7 Å². The summed E-state index contributed by atoms with van der Waals surface area (Å²) in [6.07, 6.45) is 0.980. The summed E-state index contributed by atoms with van der Waals surface area (Å²) in [7, 11) is 1.63. The highest BCUT2D eigenvalue weighted by Gasteiger charge is 2.24. The van der Waals surface area contributed by atoms with Crippen LogP contribution in [0.15, 0.2) is 53.5 Å². The number of ether oxygens (including phenoxy) is 1. The molecule has 1 atom stereocenters. The number of guanidine groups is 1. The smallest absolute Gasteiger partial charge is 0.193 e. The molecule has 0 bridgehead atoms. The monoisotopic (exact) mass is 470 g/mol. The molecule has 1 aliphatic heterocycles. The summed E-state index contributed by atoms with van der Waals surface area (Å²) in [5.74, 6) is 1.37. The lowest BCUT2D eigenvalue weighted by atomic mass is 10.1. The van der Waals surface area contributed by atoms with Crippen LogP contribution in [0.1, 0.15) is 6.42 Å². The van der Waals surface area contributed by atoms with Gasteiger partial charge in [-0.2, -0.15) is 0 Å². The van der Waals surface area contributed by atoms with Gasteiger partial charge in [0.15, 0.2) is 5.96 Å². The maximum atomic E-state index is 13.9. The van der Waals surface area contributed by atoms with Gasteiger partial charge in [-0.15, -0.1) is 24.0 Å². The highest BCUT2D eigenvalue weighted by molar-refractivity contribution is 14.0. The molecule has 5 nitrogen and oxygen atoms in total. The molecule has 1 heterocycles. The van der Waals surface area contributed by atoms with Crippen LogP contribution < -0.4 is 20.7 Å². The number of anilines is 2. The van der Waals surface area contributed by atoms with Crippen molar-refractivity contribution in [3.8, 4) is 5.75 Å². The molecule has 0 aromatic heterocycles. The molecule has 3 rings (SSSR count). The van der Waals surface area contributed by atoms with Crippen molar-refractivity contribution < 1.29 is 9.13 Å². The van der Waals surface area contributed by atoms with Crippen LogP contribution in [0.25, 0.3) is 0 Å². The molecule has 1 unspecified atom stereocenters. The summed E-state index contributed by atoms with van der Waals surface area (Å²) in [5.41, 5.74) is 7.49. The highest BCUT2D eigenvalue weighted by Crippen LogP contribution is 2.26. The largest absolute Gasteiger partial charge is 0.497 e. The number of hydrogen-bond donors (Lipinski definition) is 2. The Morgan fingerprint density at radius 3 is 2.69 bits per heavy atom. The minimum absolute atomic E-state index is 0. The fourth-order valence-corrected chi connectivity index (χ4v) is 3.00. The van der Waals surface area contributed by atoms with E-state index >= 15 is 0 Å². The maximum absolute atomic E-state index is 13.9. The van der Waals surface area contributed by atoms with Crippen LogP contribution in [0.5, 0.6) is 5.75 Å². The summed E-state index contributed by atoms with van der Waals surface area (Å²) >= 11 is 0. The topological polar surface area (TPSA) is 62.9 Å². The predicted molar refractivity (Wildman–Crippen MR) is 115 cm³/mol. The van der Waals surface area contributed by atoms with Gasteiger partial charge in [-0.1, -0.05) is 12.1 Å². The second-order valence-electron chi connectivity index (χ2n) is 6.13. The highest BCUT2D eigenvalue weighted by atomic mass is 127. The molecule has 2 aromatic carbocycles. The zero-order chi connectivity index (χ0) is 17.6. The van der Waals surface area contributed by atoms with Gasteiger partial charge in [0, 0.05) is 25.3 Å². The third-order valence-electron chi connectivity index (χ3n) is 4.36. The predicted octanol–water partition coefficient (Wildman–Crippen LogP) is 3.71. The normalized spacial score (nSPS) is 16.9. The van der Waals surface area contributed by atoms with E-state index in [1.54, 1.807) is 13.2 Å². The lowest BCUT2D eigenvalue weighted by Crippen LogP contribution is -2.25. The molecule has 140 valence electrons. The SMILES string of the molecule is COc1ccc(NC(N)=NCC2CCN(c3ccccc3F)C2)cc1.I. The van der Waals surface area contributed by atoms with Crippen molar-refractivity contribution in [2.45, 2.75) is 6.42 Å². The average molecular weight is 470 g/mol. The number of para-hydroxylation sites is 1. The van der Waals surface area contributed by atoms with Crippen molar-refractivity contribution in [2.24, 2.45) is 16.6 Å². The Hall–Kier alpha value is -2.03. The molecule has 1 fully saturated rings. The molecule has 1 aliphatic rings. The Morgan fingerprint density at radius 1 is 1.27 bits per heavy atom. The van der Waals surface area contributed by atoms with Crippen molar-refractivity contribution in [2.75, 3.05) is 37.0 Å². The van der Waals surface area contributed by atoms with Crippen LogP contribution in [-0.4, -0.2) is 32.7 Å². The molecule has 7 heteroatoms. The Morgan fingerprint density at radius 2 is 2.00 bits per heavy atom. The molecule has 0 saturated carbocycles. The van der Waals surface area contributed by atoms with Crippen molar-refractivity contribution in [1.82, 2.24) is 0 Å². The number of rotatable bonds is 5. The Bertz CT molecular complexity index is 739. The zero-order valence-corrected chi connectivity index (χ0v) is 17.0. The number of nitrogens with one attached hydrogen (secondary N) is 1. The number of nitrogens with zero attached hydrogens (tertiary/aromatic N) is 2. The number of benzene rings is 2. The Kier molecular flexibility index (Phi) is 7.50. The van der Waals surface area contributed by atoms with Gasteiger partial charge >= 0.3 is 0 Å². The minimum atomic E-state index is -0.174. The Labute approximate surface area is 170 Å². The van der Waals surface area contributed by atoms with Gasteiger partial charge in [-0.3, -0.25) is 4.99 Å². The van der Waals surface area contributed by atoms with E-state index in [1.165, 1.54) is 6.07 Å². The average Bonchev–Trinajstić information content (AvgIpc) is 3.10. The fraction of sp³-hybridized carbons (Fsp3) is 0.316. The van der Waals surface area contributed by atoms with E-state index in [0.29, 0.717) is 24.1 Å². The van der Waals surface area contributed by atoms with Crippen molar-refractivity contribution in [3.63, 3.8) is 0 Å². The van der Waals surface area contributed by atoms with E-state index in [1.807, 2.05) is 36.4 Å². The standard InChI is InChI=1S/C19H23FN4O.HI/c1-25-16-8-6-15(7-9-16)23-19(21)22-12-14-10-11-24(13-14)18-5-3-2-4-17(18)20;/h2-9,14H,10-13H2,1H3,(H3,21,22,23);1H. The van der Waals surface area contributed by atoms with Crippen LogP contribution >= 0.6 is 24.0 Å². The van der Waals surface area contributed by atoms with Crippen LogP contribution in [0, 0.1) is 11.7 Å². The molecular weight excluding hydrogens is 446 g/mol. The summed E-state index contributed by atoms with van der Waals surface area (Å²) in [4.78, 5) is 6.50. The fourth-order valence-electron chi connectivity index (χ4n) is 3.00. The van der Waals surface area contributed by atoms with Crippen LogP contribution in [0.2, 0.25) is 0 Å². The molecule has 0 radical (unpaired) electrons. The number of hydrogen-bond acceptors (Lipinski definition) is 3. The number of halogens is 2. The van der Waals surface area contributed by atoms with E-state index < -0.39 is 0 Å². The molecule has 2 aromatic rings. The molecule has 26 heavy (non-hydrogen) atoms. The van der Waals surface area contributed by atoms with E-state index in [2.05, 4.69) is 15.2 Å². The first-order valence-corrected chi connectivity index (χ1v) is 8.36. The first-order chi connectivity index (χ1) is 12.2. The van der Waals surface area contributed by atoms with Gasteiger partial charge in [0.05, 0.1) is 12.8 Å². The first kappa shape index (κ1) is 20.3. The van der Waals surface area contributed by atoms with Gasteiger partial charge in [0.1, 0.15) is 11.6 Å². The maximum Gasteiger partial charge on any atom is 0.193 e. The van der Waals surface area contributed by atoms with E-state index in [4.69, 9.17) is 10.5 Å². The molecule has 3 N–H and O–H groups in total. The number of aliphatic imine (C=N–C) groups is 1. The van der Waals surface area contributed by atoms with Gasteiger partial charge in [0.2, 0.25) is 0 Å². The van der Waals surface area contributed by atoms with E-state index in [0.717, 1.165) is 30.9 Å². The van der Waals surface area contributed by atoms with Gasteiger partial charge in [0.25, 0.3) is 0 Å². The van der Waals surface area contributed by atoms with Crippen molar-refractivity contribution in [3.05, 3.63) is 54.3 Å². The summed E-state index contributed by atoms with van der Waals surface area (Å²) < 4.78 is 19.0. The molecule has 0 amide bonds. The van der Waals surface area contributed by atoms with E-state index in [-0.39, 0.29) is 29.8 Å². The van der Waals surface area contributed by atoms with Crippen LogP contribution in [-0.2, 0) is 0 Å². The van der Waals surface area contributed by atoms with Gasteiger partial charge < -0.3 is 20.7 Å². The quantitative estimate of drug-likeness (QED) is 0.398. The lowest BCUT2D eigenvalue weighted by Gasteiger charge is -2.19. The summed E-state index contributed by atoms with van der Waals surface area (Å²) in [6, 6.07) is 14.4. The lowest BCUT2D eigenvalue weighted by molar-refractivity contribution is 0.415. The second-order valence-corrected chi connectivity index (χ2v) is 6.13. The minimum Gasteiger partial charge on any atom is -0.497 e. The third kappa shape index (κ3) is 5.23. The molecule has 1 saturated heterocycles. The number of nitrogens with two attached hydrogens (primary N) is 1. The van der Waals surface area contributed by atoms with E-state index in [9.17, 15) is 4.39 Å². The van der Waals surface area contributed by atoms with Crippen molar-refractivity contribution in [1.29, 1.82) is 0 Å². The Balaban J connectivity index is 0.00000243. The van der Waals surface area contributed by atoms with Crippen molar-refractivity contribution >= 4 is 41.3 Å². The molecule has 0 aliphatic carbocycles. The zero-order valence-electron chi connectivity index (χ0n) is 14.7. The number of methoxy groups -OCH3 is 1.